The van der Waals surface area contributed by atoms with Crippen molar-refractivity contribution in [2.24, 2.45) is 0 Å². The molecule has 0 bridgehead atoms. The highest BCUT2D eigenvalue weighted by molar-refractivity contribution is 7.10. The van der Waals surface area contributed by atoms with Crippen molar-refractivity contribution in [2.45, 2.75) is 32.8 Å². The van der Waals surface area contributed by atoms with E-state index < -0.39 is 0 Å². The van der Waals surface area contributed by atoms with Crippen molar-refractivity contribution < 1.29 is 5.11 Å². The van der Waals surface area contributed by atoms with Crippen LogP contribution >= 0.6 is 11.3 Å². The van der Waals surface area contributed by atoms with E-state index in [1.807, 2.05) is 12.3 Å². The second-order valence-electron chi connectivity index (χ2n) is 3.34. The standard InChI is InChI=1S/C11H16OS/c1-4-9-5-6-13-11(9)10(12)7-8(2)3/h5-6,10,12H,2,4,7H2,1,3H3. The van der Waals surface area contributed by atoms with Crippen LogP contribution in [0.25, 0.3) is 0 Å². The highest BCUT2D eigenvalue weighted by atomic mass is 32.1. The first kappa shape index (κ1) is 10.5. The van der Waals surface area contributed by atoms with E-state index in [1.54, 1.807) is 11.3 Å². The Morgan fingerprint density at radius 1 is 1.69 bits per heavy atom. The molecule has 1 unspecified atom stereocenters. The molecule has 72 valence electrons. The van der Waals surface area contributed by atoms with Gasteiger partial charge in [0, 0.05) is 4.88 Å². The van der Waals surface area contributed by atoms with Gasteiger partial charge in [-0.1, -0.05) is 12.5 Å². The average Bonchev–Trinajstić information content (AvgIpc) is 2.49. The fourth-order valence-electron chi connectivity index (χ4n) is 1.35. The highest BCUT2D eigenvalue weighted by Gasteiger charge is 2.12. The molecule has 1 atom stereocenters. The number of hydrogen-bond acceptors (Lipinski definition) is 2. The fourth-order valence-corrected chi connectivity index (χ4v) is 2.34. The van der Waals surface area contributed by atoms with Crippen LogP contribution in [0.15, 0.2) is 23.6 Å². The summed E-state index contributed by atoms with van der Waals surface area (Å²) in [6.45, 7) is 7.86. The van der Waals surface area contributed by atoms with Gasteiger partial charge in [-0.15, -0.1) is 17.9 Å². The third-order valence-corrected chi connectivity index (χ3v) is 3.07. The molecule has 2 heteroatoms. The second kappa shape index (κ2) is 4.58. The molecule has 0 saturated heterocycles. The van der Waals surface area contributed by atoms with Gasteiger partial charge in [0.25, 0.3) is 0 Å². The Morgan fingerprint density at radius 3 is 2.92 bits per heavy atom. The molecule has 0 aromatic carbocycles. The van der Waals surface area contributed by atoms with Crippen molar-refractivity contribution in [3.63, 3.8) is 0 Å². The molecule has 1 aromatic rings. The van der Waals surface area contributed by atoms with Crippen LogP contribution in [0.4, 0.5) is 0 Å². The summed E-state index contributed by atoms with van der Waals surface area (Å²) in [6.07, 6.45) is 1.31. The zero-order valence-electron chi connectivity index (χ0n) is 8.21. The van der Waals surface area contributed by atoms with E-state index in [4.69, 9.17) is 0 Å². The Kier molecular flexibility index (Phi) is 3.70. The molecule has 0 aliphatic heterocycles. The topological polar surface area (TPSA) is 20.2 Å². The molecular weight excluding hydrogens is 180 g/mol. The van der Waals surface area contributed by atoms with Crippen molar-refractivity contribution >= 4 is 11.3 Å². The zero-order valence-corrected chi connectivity index (χ0v) is 9.03. The van der Waals surface area contributed by atoms with Gasteiger partial charge in [0.15, 0.2) is 0 Å². The van der Waals surface area contributed by atoms with Crippen molar-refractivity contribution in [2.75, 3.05) is 0 Å². The van der Waals surface area contributed by atoms with Crippen LogP contribution < -0.4 is 0 Å². The van der Waals surface area contributed by atoms with Crippen LogP contribution in [0, 0.1) is 0 Å². The van der Waals surface area contributed by atoms with Gasteiger partial charge >= 0.3 is 0 Å². The molecule has 1 aromatic heterocycles. The molecule has 0 amide bonds. The molecule has 0 aliphatic carbocycles. The zero-order chi connectivity index (χ0) is 9.84. The number of aliphatic hydroxyl groups excluding tert-OH is 1. The molecule has 0 radical (unpaired) electrons. The predicted octanol–water partition coefficient (Wildman–Crippen LogP) is 3.31. The van der Waals surface area contributed by atoms with Gasteiger partial charge in [-0.2, -0.15) is 0 Å². The van der Waals surface area contributed by atoms with Gasteiger partial charge in [0.2, 0.25) is 0 Å². The van der Waals surface area contributed by atoms with Crippen molar-refractivity contribution in [3.05, 3.63) is 34.0 Å². The van der Waals surface area contributed by atoms with Gasteiger partial charge in [0.05, 0.1) is 6.10 Å². The van der Waals surface area contributed by atoms with Gasteiger partial charge in [-0.25, -0.2) is 0 Å². The van der Waals surface area contributed by atoms with E-state index in [-0.39, 0.29) is 6.10 Å². The Labute approximate surface area is 83.7 Å². The van der Waals surface area contributed by atoms with Crippen molar-refractivity contribution in [1.29, 1.82) is 0 Å². The van der Waals surface area contributed by atoms with E-state index in [0.29, 0.717) is 6.42 Å². The van der Waals surface area contributed by atoms with Crippen LogP contribution in [-0.2, 0) is 6.42 Å². The van der Waals surface area contributed by atoms with E-state index in [2.05, 4.69) is 19.6 Å². The molecule has 0 spiro atoms. The van der Waals surface area contributed by atoms with E-state index in [1.165, 1.54) is 5.56 Å². The minimum absolute atomic E-state index is 0.354. The summed E-state index contributed by atoms with van der Waals surface area (Å²) in [6, 6.07) is 2.08. The third kappa shape index (κ3) is 2.68. The summed E-state index contributed by atoms with van der Waals surface area (Å²) < 4.78 is 0. The molecule has 0 fully saturated rings. The van der Waals surface area contributed by atoms with E-state index in [0.717, 1.165) is 16.9 Å². The Bertz CT molecular complexity index is 288. The van der Waals surface area contributed by atoms with Crippen molar-refractivity contribution in [3.8, 4) is 0 Å². The van der Waals surface area contributed by atoms with Crippen LogP contribution in [0.5, 0.6) is 0 Å². The van der Waals surface area contributed by atoms with Crippen molar-refractivity contribution in [1.82, 2.24) is 0 Å². The van der Waals surface area contributed by atoms with Gasteiger partial charge in [-0.05, 0) is 36.8 Å². The summed E-state index contributed by atoms with van der Waals surface area (Å²) in [5, 5.41) is 11.9. The molecule has 1 rings (SSSR count). The maximum absolute atomic E-state index is 9.84. The van der Waals surface area contributed by atoms with Gasteiger partial charge in [0.1, 0.15) is 0 Å². The molecule has 0 saturated carbocycles. The Morgan fingerprint density at radius 2 is 2.38 bits per heavy atom. The van der Waals surface area contributed by atoms with Crippen LogP contribution in [0.3, 0.4) is 0 Å². The van der Waals surface area contributed by atoms with Crippen LogP contribution in [0.2, 0.25) is 0 Å². The number of aliphatic hydroxyl groups is 1. The maximum Gasteiger partial charge on any atom is 0.0921 e. The lowest BCUT2D eigenvalue weighted by molar-refractivity contribution is 0.181. The molecule has 1 N–H and O–H groups in total. The first-order chi connectivity index (χ1) is 6.15. The predicted molar refractivity (Wildman–Crippen MR) is 58.1 cm³/mol. The summed E-state index contributed by atoms with van der Waals surface area (Å²) in [4.78, 5) is 1.10. The van der Waals surface area contributed by atoms with Crippen LogP contribution in [-0.4, -0.2) is 5.11 Å². The molecule has 0 aliphatic rings. The molecular formula is C11H16OS. The minimum atomic E-state index is -0.354. The monoisotopic (exact) mass is 196 g/mol. The van der Waals surface area contributed by atoms with Gasteiger partial charge in [-0.3, -0.25) is 0 Å². The highest BCUT2D eigenvalue weighted by Crippen LogP contribution is 2.28. The number of aryl methyl sites for hydroxylation is 1. The molecule has 1 nitrogen and oxygen atoms in total. The van der Waals surface area contributed by atoms with E-state index in [9.17, 15) is 5.11 Å². The molecule has 13 heavy (non-hydrogen) atoms. The normalized spacial score (nSPS) is 12.8. The lowest BCUT2D eigenvalue weighted by Gasteiger charge is -2.10. The number of rotatable bonds is 4. The Balaban J connectivity index is 2.75. The number of thiophene rings is 1. The maximum atomic E-state index is 9.84. The summed E-state index contributed by atoms with van der Waals surface area (Å²) in [7, 11) is 0. The lowest BCUT2D eigenvalue weighted by Crippen LogP contribution is -1.97. The third-order valence-electron chi connectivity index (χ3n) is 2.01. The first-order valence-electron chi connectivity index (χ1n) is 4.53. The summed E-state index contributed by atoms with van der Waals surface area (Å²) in [5.41, 5.74) is 2.29. The SMILES string of the molecule is C=C(C)CC(O)c1sccc1CC. The fraction of sp³-hybridized carbons (Fsp3) is 0.455. The minimum Gasteiger partial charge on any atom is -0.387 e. The van der Waals surface area contributed by atoms with E-state index >= 15 is 0 Å². The Hall–Kier alpha value is -0.600. The summed E-state index contributed by atoms with van der Waals surface area (Å²) >= 11 is 1.63. The quantitative estimate of drug-likeness (QED) is 0.732. The first-order valence-corrected chi connectivity index (χ1v) is 5.41. The number of hydrogen-bond donors (Lipinski definition) is 1. The largest absolute Gasteiger partial charge is 0.387 e. The smallest absolute Gasteiger partial charge is 0.0921 e. The summed E-state index contributed by atoms with van der Waals surface area (Å²) in [5.74, 6) is 0. The second-order valence-corrected chi connectivity index (χ2v) is 4.29. The average molecular weight is 196 g/mol. The van der Waals surface area contributed by atoms with Gasteiger partial charge < -0.3 is 5.11 Å². The lowest BCUT2D eigenvalue weighted by atomic mass is 10.1. The molecule has 1 heterocycles. The van der Waals surface area contributed by atoms with Crippen LogP contribution in [0.1, 0.15) is 36.8 Å².